The van der Waals surface area contributed by atoms with Crippen molar-refractivity contribution in [2.45, 2.75) is 52.6 Å². The Morgan fingerprint density at radius 2 is 1.83 bits per heavy atom. The molecule has 0 amide bonds. The Labute approximate surface area is 137 Å². The number of aliphatic hydroxyl groups is 1. The molecule has 0 saturated heterocycles. The molecule has 0 aromatic heterocycles. The number of allylic oxidation sites excluding steroid dienone is 2. The molecule has 0 aliphatic carbocycles. The Kier molecular flexibility index (Phi) is 6.58. The third-order valence-corrected chi connectivity index (χ3v) is 3.44. The molecule has 0 atom stereocenters. The van der Waals surface area contributed by atoms with Crippen LogP contribution in [0.2, 0.25) is 0 Å². The van der Waals surface area contributed by atoms with E-state index in [0.29, 0.717) is 19.3 Å². The summed E-state index contributed by atoms with van der Waals surface area (Å²) in [5.74, 6) is -0.791. The summed E-state index contributed by atoms with van der Waals surface area (Å²) in [5, 5.41) is 29.1. The van der Waals surface area contributed by atoms with E-state index in [2.05, 4.69) is 0 Å². The van der Waals surface area contributed by atoms with Gasteiger partial charge in [0.15, 0.2) is 0 Å². The van der Waals surface area contributed by atoms with Gasteiger partial charge in [0.25, 0.3) is 0 Å². The number of benzene rings is 1. The first-order chi connectivity index (χ1) is 10.6. The van der Waals surface area contributed by atoms with Crippen LogP contribution >= 0.6 is 0 Å². The van der Waals surface area contributed by atoms with Crippen LogP contribution in [0.1, 0.15) is 50.8 Å². The summed E-state index contributed by atoms with van der Waals surface area (Å²) in [6.45, 7) is 7.42. The van der Waals surface area contributed by atoms with Gasteiger partial charge in [0.1, 0.15) is 5.75 Å². The highest BCUT2D eigenvalue weighted by molar-refractivity contribution is 5.85. The second kappa shape index (κ2) is 7.97. The van der Waals surface area contributed by atoms with Gasteiger partial charge in [-0.2, -0.15) is 0 Å². The molecule has 4 heteroatoms. The topological polar surface area (TPSA) is 77.8 Å². The molecule has 1 rings (SSSR count). The molecule has 1 aromatic carbocycles. The van der Waals surface area contributed by atoms with E-state index in [9.17, 15) is 15.0 Å². The number of aryl methyl sites for hydroxylation is 1. The quantitative estimate of drug-likeness (QED) is 0.529. The van der Waals surface area contributed by atoms with Crippen LogP contribution in [0.5, 0.6) is 5.75 Å². The highest BCUT2D eigenvalue weighted by Crippen LogP contribution is 2.29. The fourth-order valence-electron chi connectivity index (χ4n) is 2.15. The number of phenols is 1. The molecule has 0 unspecified atom stereocenters. The van der Waals surface area contributed by atoms with E-state index in [-0.39, 0.29) is 5.75 Å². The van der Waals surface area contributed by atoms with Crippen LogP contribution in [0.4, 0.5) is 0 Å². The molecule has 0 saturated carbocycles. The van der Waals surface area contributed by atoms with Crippen LogP contribution < -0.4 is 0 Å². The second-order valence-electron chi connectivity index (χ2n) is 6.66. The first kappa shape index (κ1) is 19.0. The lowest BCUT2D eigenvalue weighted by Crippen LogP contribution is -2.19. The number of aliphatic carboxylic acids is 1. The Morgan fingerprint density at radius 1 is 1.22 bits per heavy atom. The number of hydrogen-bond acceptors (Lipinski definition) is 3. The molecule has 0 heterocycles. The van der Waals surface area contributed by atoms with Gasteiger partial charge in [0, 0.05) is 6.08 Å². The Hall–Kier alpha value is -2.07. The predicted molar refractivity (Wildman–Crippen MR) is 92.5 cm³/mol. The molecule has 1 aromatic rings. The molecule has 126 valence electrons. The predicted octanol–water partition coefficient (Wildman–Crippen LogP) is 3.70. The van der Waals surface area contributed by atoms with E-state index in [0.717, 1.165) is 28.3 Å². The van der Waals surface area contributed by atoms with Gasteiger partial charge >= 0.3 is 5.97 Å². The van der Waals surface area contributed by atoms with Crippen molar-refractivity contribution in [1.82, 2.24) is 0 Å². The molecule has 0 spiro atoms. The highest BCUT2D eigenvalue weighted by atomic mass is 16.4. The average molecular weight is 318 g/mol. The van der Waals surface area contributed by atoms with Crippen molar-refractivity contribution < 1.29 is 20.1 Å². The first-order valence-electron chi connectivity index (χ1n) is 7.70. The van der Waals surface area contributed by atoms with Gasteiger partial charge in [-0.15, -0.1) is 0 Å². The van der Waals surface area contributed by atoms with Crippen LogP contribution in [0.15, 0.2) is 29.9 Å². The van der Waals surface area contributed by atoms with Crippen LogP contribution in [-0.4, -0.2) is 26.9 Å². The average Bonchev–Trinajstić information content (AvgIpc) is 2.42. The number of hydrogen-bond donors (Lipinski definition) is 3. The molecule has 0 aliphatic rings. The highest BCUT2D eigenvalue weighted by Gasteiger charge is 2.15. The zero-order valence-corrected chi connectivity index (χ0v) is 14.3. The molecule has 0 aliphatic heterocycles. The lowest BCUT2D eigenvalue weighted by molar-refractivity contribution is -0.131. The zero-order valence-electron chi connectivity index (χ0n) is 14.3. The SMILES string of the molecule is CC(C)=CCc1cc(C=CC(=O)O)cc(CCC(C)(C)O)c1O. The van der Waals surface area contributed by atoms with Gasteiger partial charge in [-0.3, -0.25) is 0 Å². The van der Waals surface area contributed by atoms with Crippen LogP contribution in [0.3, 0.4) is 0 Å². The van der Waals surface area contributed by atoms with Crippen molar-refractivity contribution in [3.05, 3.63) is 46.5 Å². The molecule has 0 fully saturated rings. The van der Waals surface area contributed by atoms with E-state index >= 15 is 0 Å². The van der Waals surface area contributed by atoms with Gasteiger partial charge in [-0.1, -0.05) is 11.6 Å². The van der Waals surface area contributed by atoms with Crippen molar-refractivity contribution in [1.29, 1.82) is 0 Å². The summed E-state index contributed by atoms with van der Waals surface area (Å²) >= 11 is 0. The van der Waals surface area contributed by atoms with Crippen molar-refractivity contribution in [3.8, 4) is 5.75 Å². The van der Waals surface area contributed by atoms with E-state index < -0.39 is 11.6 Å². The summed E-state index contributed by atoms with van der Waals surface area (Å²) < 4.78 is 0. The zero-order chi connectivity index (χ0) is 17.6. The lowest BCUT2D eigenvalue weighted by atomic mass is 9.94. The van der Waals surface area contributed by atoms with Crippen molar-refractivity contribution in [2.24, 2.45) is 0 Å². The third-order valence-electron chi connectivity index (χ3n) is 3.44. The largest absolute Gasteiger partial charge is 0.507 e. The number of carbonyl (C=O) groups is 1. The summed E-state index contributed by atoms with van der Waals surface area (Å²) in [7, 11) is 0. The van der Waals surface area contributed by atoms with Gasteiger partial charge in [-0.05, 0) is 81.9 Å². The molecular formula is C19H26O4. The Balaban J connectivity index is 3.19. The van der Waals surface area contributed by atoms with Gasteiger partial charge in [0.2, 0.25) is 0 Å². The fourth-order valence-corrected chi connectivity index (χ4v) is 2.15. The fraction of sp³-hybridized carbons (Fsp3) is 0.421. The number of carboxylic acids is 1. The molecule has 4 nitrogen and oxygen atoms in total. The maximum absolute atomic E-state index is 10.7. The maximum Gasteiger partial charge on any atom is 0.328 e. The smallest absolute Gasteiger partial charge is 0.328 e. The van der Waals surface area contributed by atoms with E-state index in [1.165, 1.54) is 6.08 Å². The van der Waals surface area contributed by atoms with Gasteiger partial charge < -0.3 is 15.3 Å². The normalized spacial score (nSPS) is 11.7. The Bertz CT molecular complexity index is 615. The molecule has 23 heavy (non-hydrogen) atoms. The van der Waals surface area contributed by atoms with Gasteiger partial charge in [-0.25, -0.2) is 4.79 Å². The van der Waals surface area contributed by atoms with Crippen LogP contribution in [-0.2, 0) is 17.6 Å². The van der Waals surface area contributed by atoms with Gasteiger partial charge in [0.05, 0.1) is 5.60 Å². The summed E-state index contributed by atoms with van der Waals surface area (Å²) in [6.07, 6.45) is 6.22. The minimum atomic E-state index is -1.01. The summed E-state index contributed by atoms with van der Waals surface area (Å²) in [5.41, 5.74) is 2.53. The van der Waals surface area contributed by atoms with E-state index in [1.807, 2.05) is 19.9 Å². The molecule has 0 radical (unpaired) electrons. The molecular weight excluding hydrogens is 292 g/mol. The molecule has 0 bridgehead atoms. The number of rotatable bonds is 7. The van der Waals surface area contributed by atoms with E-state index in [4.69, 9.17) is 5.11 Å². The number of phenolic OH excluding ortho intramolecular Hbond substituents is 1. The van der Waals surface area contributed by atoms with Crippen molar-refractivity contribution in [2.75, 3.05) is 0 Å². The second-order valence-corrected chi connectivity index (χ2v) is 6.66. The first-order valence-corrected chi connectivity index (χ1v) is 7.70. The maximum atomic E-state index is 10.7. The summed E-state index contributed by atoms with van der Waals surface area (Å²) in [4.78, 5) is 10.7. The standard InChI is InChI=1S/C19H26O4/c1-13(2)5-7-15-11-14(6-8-17(20)21)12-16(18(15)22)9-10-19(3,4)23/h5-6,8,11-12,22-23H,7,9-10H2,1-4H3,(H,20,21). The third kappa shape index (κ3) is 7.15. The minimum absolute atomic E-state index is 0.222. The monoisotopic (exact) mass is 318 g/mol. The summed E-state index contributed by atoms with van der Waals surface area (Å²) in [6, 6.07) is 3.56. The van der Waals surface area contributed by atoms with Crippen LogP contribution in [0, 0.1) is 0 Å². The number of aromatic hydroxyl groups is 1. The minimum Gasteiger partial charge on any atom is -0.507 e. The Morgan fingerprint density at radius 3 is 2.35 bits per heavy atom. The number of carboxylic acid groups (broad SMARTS) is 1. The molecule has 3 N–H and O–H groups in total. The van der Waals surface area contributed by atoms with Crippen LogP contribution in [0.25, 0.3) is 6.08 Å². The van der Waals surface area contributed by atoms with Crippen molar-refractivity contribution in [3.63, 3.8) is 0 Å². The van der Waals surface area contributed by atoms with E-state index in [1.54, 1.807) is 26.0 Å². The van der Waals surface area contributed by atoms with Crippen molar-refractivity contribution >= 4 is 12.0 Å². The lowest BCUT2D eigenvalue weighted by Gasteiger charge is -2.18.